The summed E-state index contributed by atoms with van der Waals surface area (Å²) in [4.78, 5) is 0. The first-order valence-electron chi connectivity index (χ1n) is 3.45. The maximum absolute atomic E-state index is 5.68. The number of nitrogens with one attached hydrogen (secondary N) is 1. The standard InChI is InChI=1S/C8H10N2S2/c1-5-2-3-6(9)7(4-5)10-8(11)12/h2-4H,9H2,1H3,(H2,10,11,12). The number of hydrogen-bond acceptors (Lipinski definition) is 2. The van der Waals surface area contributed by atoms with Crippen LogP contribution in [0, 0.1) is 6.92 Å². The minimum Gasteiger partial charge on any atom is -0.397 e. The number of anilines is 2. The van der Waals surface area contributed by atoms with E-state index in [-0.39, 0.29) is 0 Å². The van der Waals surface area contributed by atoms with Gasteiger partial charge in [-0.1, -0.05) is 18.3 Å². The van der Waals surface area contributed by atoms with Crippen molar-refractivity contribution in [3.05, 3.63) is 23.8 Å². The third-order valence-corrected chi connectivity index (χ3v) is 1.66. The largest absolute Gasteiger partial charge is 0.397 e. The van der Waals surface area contributed by atoms with Gasteiger partial charge in [-0.05, 0) is 24.6 Å². The topological polar surface area (TPSA) is 38.0 Å². The summed E-state index contributed by atoms with van der Waals surface area (Å²) < 4.78 is 0.423. The Hall–Kier alpha value is -0.740. The molecule has 1 aromatic carbocycles. The third kappa shape index (κ3) is 2.39. The molecule has 3 N–H and O–H groups in total. The summed E-state index contributed by atoms with van der Waals surface area (Å²) in [5.41, 5.74) is 8.31. The van der Waals surface area contributed by atoms with E-state index >= 15 is 0 Å². The Morgan fingerprint density at radius 2 is 2.25 bits per heavy atom. The number of nitrogen functional groups attached to an aromatic ring is 1. The highest BCUT2D eigenvalue weighted by molar-refractivity contribution is 8.11. The summed E-state index contributed by atoms with van der Waals surface area (Å²) >= 11 is 8.73. The van der Waals surface area contributed by atoms with Crippen LogP contribution in [0.5, 0.6) is 0 Å². The lowest BCUT2D eigenvalue weighted by Gasteiger charge is -2.07. The molecule has 0 unspecified atom stereocenters. The number of thiocarbonyl (C=S) groups is 1. The van der Waals surface area contributed by atoms with Gasteiger partial charge in [0.15, 0.2) is 0 Å². The summed E-state index contributed by atoms with van der Waals surface area (Å²) in [6.07, 6.45) is 0. The van der Waals surface area contributed by atoms with Crippen LogP contribution < -0.4 is 11.1 Å². The molecule has 0 bridgehead atoms. The highest BCUT2D eigenvalue weighted by atomic mass is 32.1. The van der Waals surface area contributed by atoms with Crippen LogP contribution in [0.2, 0.25) is 0 Å². The van der Waals surface area contributed by atoms with E-state index in [9.17, 15) is 0 Å². The van der Waals surface area contributed by atoms with Crippen LogP contribution in [-0.4, -0.2) is 4.32 Å². The number of nitrogens with two attached hydrogens (primary N) is 1. The molecule has 0 radical (unpaired) electrons. The van der Waals surface area contributed by atoms with Gasteiger partial charge in [0.25, 0.3) is 0 Å². The van der Waals surface area contributed by atoms with Crippen molar-refractivity contribution >= 4 is 40.5 Å². The van der Waals surface area contributed by atoms with Crippen LogP contribution in [0.1, 0.15) is 5.56 Å². The average molecular weight is 198 g/mol. The first-order chi connectivity index (χ1) is 5.59. The molecular formula is C8H10N2S2. The van der Waals surface area contributed by atoms with Gasteiger partial charge in [0.2, 0.25) is 0 Å². The van der Waals surface area contributed by atoms with E-state index in [2.05, 4.69) is 17.9 Å². The maximum Gasteiger partial charge on any atom is 0.135 e. The van der Waals surface area contributed by atoms with Crippen molar-refractivity contribution in [2.75, 3.05) is 11.1 Å². The number of hydrogen-bond donors (Lipinski definition) is 3. The molecule has 64 valence electrons. The molecule has 0 heterocycles. The number of aryl methyl sites for hydroxylation is 1. The molecule has 0 atom stereocenters. The molecule has 0 aliphatic heterocycles. The molecule has 0 amide bonds. The van der Waals surface area contributed by atoms with E-state index in [1.165, 1.54) is 0 Å². The van der Waals surface area contributed by atoms with Crippen LogP contribution >= 0.6 is 24.8 Å². The molecule has 0 aliphatic carbocycles. The van der Waals surface area contributed by atoms with Crippen molar-refractivity contribution in [3.8, 4) is 0 Å². The number of thiol groups is 1. The lowest BCUT2D eigenvalue weighted by atomic mass is 10.2. The Kier molecular flexibility index (Phi) is 2.94. The van der Waals surface area contributed by atoms with E-state index in [1.807, 2.05) is 25.1 Å². The lowest BCUT2D eigenvalue weighted by molar-refractivity contribution is 1.47. The molecule has 0 aliphatic rings. The van der Waals surface area contributed by atoms with E-state index in [0.717, 1.165) is 11.3 Å². The quantitative estimate of drug-likeness (QED) is 0.368. The van der Waals surface area contributed by atoms with Gasteiger partial charge >= 0.3 is 0 Å². The van der Waals surface area contributed by atoms with E-state index in [4.69, 9.17) is 18.0 Å². The second-order valence-electron chi connectivity index (χ2n) is 2.52. The molecule has 2 nitrogen and oxygen atoms in total. The van der Waals surface area contributed by atoms with Crippen LogP contribution in [0.4, 0.5) is 11.4 Å². The van der Waals surface area contributed by atoms with Crippen molar-refractivity contribution < 1.29 is 0 Å². The summed E-state index contributed by atoms with van der Waals surface area (Å²) in [7, 11) is 0. The monoisotopic (exact) mass is 198 g/mol. The second-order valence-corrected chi connectivity index (χ2v) is 3.68. The minimum atomic E-state index is 0.423. The molecule has 4 heteroatoms. The third-order valence-electron chi connectivity index (χ3n) is 1.45. The summed E-state index contributed by atoms with van der Waals surface area (Å²) in [5.74, 6) is 0. The van der Waals surface area contributed by atoms with Gasteiger partial charge in [0, 0.05) is 0 Å². The van der Waals surface area contributed by atoms with Crippen LogP contribution in [0.3, 0.4) is 0 Å². The Morgan fingerprint density at radius 1 is 1.58 bits per heavy atom. The normalized spacial score (nSPS) is 9.50. The van der Waals surface area contributed by atoms with Crippen LogP contribution in [-0.2, 0) is 0 Å². The van der Waals surface area contributed by atoms with Crippen LogP contribution in [0.25, 0.3) is 0 Å². The fourth-order valence-electron chi connectivity index (χ4n) is 0.894. The van der Waals surface area contributed by atoms with Gasteiger partial charge in [-0.25, -0.2) is 0 Å². The zero-order valence-corrected chi connectivity index (χ0v) is 8.38. The Morgan fingerprint density at radius 3 is 2.83 bits per heavy atom. The molecule has 0 aromatic heterocycles. The minimum absolute atomic E-state index is 0.423. The fourth-order valence-corrected chi connectivity index (χ4v) is 1.12. The van der Waals surface area contributed by atoms with Crippen molar-refractivity contribution in [2.24, 2.45) is 0 Å². The first-order valence-corrected chi connectivity index (χ1v) is 4.31. The maximum atomic E-state index is 5.68. The Bertz CT molecular complexity index is 310. The molecule has 1 rings (SSSR count). The van der Waals surface area contributed by atoms with Gasteiger partial charge in [0.1, 0.15) is 4.32 Å². The predicted molar refractivity (Wildman–Crippen MR) is 60.8 cm³/mol. The molecule has 0 spiro atoms. The highest BCUT2D eigenvalue weighted by Gasteiger charge is 1.98. The Labute approximate surface area is 82.6 Å². The molecule has 0 fully saturated rings. The van der Waals surface area contributed by atoms with Crippen molar-refractivity contribution in [2.45, 2.75) is 6.92 Å². The summed E-state index contributed by atoms with van der Waals surface area (Å²) in [5, 5.41) is 2.88. The average Bonchev–Trinajstić information content (AvgIpc) is 1.96. The lowest BCUT2D eigenvalue weighted by Crippen LogP contribution is -2.04. The SMILES string of the molecule is Cc1ccc(N)c(NC(=S)S)c1. The van der Waals surface area contributed by atoms with Gasteiger partial charge in [0.05, 0.1) is 11.4 Å². The number of benzene rings is 1. The predicted octanol–water partition coefficient (Wildman–Crippen LogP) is 2.20. The first kappa shape index (κ1) is 9.35. The van der Waals surface area contributed by atoms with E-state index in [0.29, 0.717) is 10.0 Å². The van der Waals surface area contributed by atoms with E-state index < -0.39 is 0 Å². The molecule has 0 saturated heterocycles. The van der Waals surface area contributed by atoms with Gasteiger partial charge < -0.3 is 11.1 Å². The van der Waals surface area contributed by atoms with Crippen molar-refractivity contribution in [3.63, 3.8) is 0 Å². The molecule has 12 heavy (non-hydrogen) atoms. The Balaban J connectivity index is 2.97. The zero-order chi connectivity index (χ0) is 9.14. The van der Waals surface area contributed by atoms with Crippen molar-refractivity contribution in [1.82, 2.24) is 0 Å². The summed E-state index contributed by atoms with van der Waals surface area (Å²) in [6.45, 7) is 1.99. The van der Waals surface area contributed by atoms with E-state index in [1.54, 1.807) is 0 Å². The van der Waals surface area contributed by atoms with Crippen molar-refractivity contribution in [1.29, 1.82) is 0 Å². The molecular weight excluding hydrogens is 188 g/mol. The molecule has 1 aromatic rings. The summed E-state index contributed by atoms with van der Waals surface area (Å²) in [6, 6.07) is 5.71. The molecule has 0 saturated carbocycles. The number of rotatable bonds is 1. The van der Waals surface area contributed by atoms with Gasteiger partial charge in [-0.2, -0.15) is 0 Å². The fraction of sp³-hybridized carbons (Fsp3) is 0.125. The smallest absolute Gasteiger partial charge is 0.135 e. The second kappa shape index (κ2) is 3.78. The highest BCUT2D eigenvalue weighted by Crippen LogP contribution is 2.19. The zero-order valence-electron chi connectivity index (χ0n) is 6.66. The van der Waals surface area contributed by atoms with Crippen LogP contribution in [0.15, 0.2) is 18.2 Å². The van der Waals surface area contributed by atoms with Gasteiger partial charge in [-0.3, -0.25) is 0 Å². The van der Waals surface area contributed by atoms with Gasteiger partial charge in [-0.15, -0.1) is 12.6 Å².